The van der Waals surface area contributed by atoms with Crippen molar-refractivity contribution in [1.29, 1.82) is 0 Å². The summed E-state index contributed by atoms with van der Waals surface area (Å²) in [6, 6.07) is 7.61. The summed E-state index contributed by atoms with van der Waals surface area (Å²) in [5.74, 6) is -2.03. The van der Waals surface area contributed by atoms with Gasteiger partial charge >= 0.3 is 0 Å². The van der Waals surface area contributed by atoms with Crippen molar-refractivity contribution in [1.82, 2.24) is 0 Å². The van der Waals surface area contributed by atoms with Crippen LogP contribution in [0.2, 0.25) is 0 Å². The zero-order valence-electron chi connectivity index (χ0n) is 12.6. The van der Waals surface area contributed by atoms with Gasteiger partial charge in [-0.1, -0.05) is 12.1 Å². The molecular weight excluding hydrogens is 298 g/mol. The average molecular weight is 318 g/mol. The Bertz CT molecular complexity index is 581. The second-order valence-electron chi connectivity index (χ2n) is 6.23. The molecule has 1 aromatic rings. The standard InChI is InChI=1S/C17H21NO3S/c1-22-13-5-3-2-4-12(13)18-16(19)14-10-6-8-11(9-7-10)15(14)17(20)21/h2-5,10-11,14-15H,6-9H2,1H3,(H,18,19)(H,20,21)/p-1/t10?,11?,14-,15-/m0/s1. The van der Waals surface area contributed by atoms with E-state index in [1.54, 1.807) is 11.8 Å². The van der Waals surface area contributed by atoms with Gasteiger partial charge in [-0.15, -0.1) is 11.8 Å². The first-order valence-electron chi connectivity index (χ1n) is 7.76. The number of benzene rings is 1. The van der Waals surface area contributed by atoms with Gasteiger partial charge in [0.25, 0.3) is 0 Å². The van der Waals surface area contributed by atoms with Gasteiger partial charge in [-0.25, -0.2) is 0 Å². The van der Waals surface area contributed by atoms with Crippen LogP contribution in [0.4, 0.5) is 5.69 Å². The van der Waals surface area contributed by atoms with E-state index in [0.717, 1.165) is 36.3 Å². The Morgan fingerprint density at radius 3 is 2.27 bits per heavy atom. The number of carboxylic acids is 1. The molecule has 0 radical (unpaired) electrons. The first-order valence-corrected chi connectivity index (χ1v) is 8.99. The number of rotatable bonds is 4. The lowest BCUT2D eigenvalue weighted by molar-refractivity contribution is -0.318. The van der Waals surface area contributed by atoms with Crippen LogP contribution in [0.1, 0.15) is 25.7 Å². The monoisotopic (exact) mass is 318 g/mol. The lowest BCUT2D eigenvalue weighted by Gasteiger charge is -2.48. The molecule has 3 aliphatic carbocycles. The summed E-state index contributed by atoms with van der Waals surface area (Å²) in [5.41, 5.74) is 0.763. The summed E-state index contributed by atoms with van der Waals surface area (Å²) in [5, 5.41) is 14.5. The molecule has 4 rings (SSSR count). The number of aliphatic carboxylic acids is 1. The topological polar surface area (TPSA) is 69.2 Å². The number of carbonyl (C=O) groups excluding carboxylic acids is 2. The number of nitrogens with one attached hydrogen (secondary N) is 1. The molecule has 0 heterocycles. The summed E-state index contributed by atoms with van der Waals surface area (Å²) in [6.07, 6.45) is 5.69. The molecule has 3 saturated carbocycles. The molecule has 0 unspecified atom stereocenters. The number of para-hydroxylation sites is 1. The van der Waals surface area contributed by atoms with Crippen LogP contribution in [-0.2, 0) is 9.59 Å². The fraction of sp³-hybridized carbons (Fsp3) is 0.529. The molecule has 4 nitrogen and oxygen atoms in total. The second-order valence-corrected chi connectivity index (χ2v) is 7.08. The molecule has 0 aliphatic heterocycles. The van der Waals surface area contributed by atoms with Gasteiger partial charge in [-0.2, -0.15) is 0 Å². The number of hydrogen-bond acceptors (Lipinski definition) is 4. The molecule has 3 aliphatic rings. The predicted octanol–water partition coefficient (Wildman–Crippen LogP) is 2.15. The number of carbonyl (C=O) groups is 2. The molecule has 2 bridgehead atoms. The maximum absolute atomic E-state index is 12.7. The van der Waals surface area contributed by atoms with E-state index < -0.39 is 17.8 Å². The lowest BCUT2D eigenvalue weighted by atomic mass is 9.58. The zero-order chi connectivity index (χ0) is 15.7. The van der Waals surface area contributed by atoms with Crippen LogP contribution in [-0.4, -0.2) is 18.1 Å². The Labute approximate surface area is 134 Å². The van der Waals surface area contributed by atoms with Gasteiger partial charge in [-0.3, -0.25) is 4.79 Å². The lowest BCUT2D eigenvalue weighted by Crippen LogP contribution is -2.52. The second kappa shape index (κ2) is 6.32. The molecule has 22 heavy (non-hydrogen) atoms. The number of thioether (sulfide) groups is 1. The van der Waals surface area contributed by atoms with E-state index in [2.05, 4.69) is 5.32 Å². The van der Waals surface area contributed by atoms with E-state index in [9.17, 15) is 14.7 Å². The minimum Gasteiger partial charge on any atom is -0.550 e. The Morgan fingerprint density at radius 1 is 1.09 bits per heavy atom. The van der Waals surface area contributed by atoms with Crippen LogP contribution in [0.25, 0.3) is 0 Å². The molecule has 0 aromatic heterocycles. The van der Waals surface area contributed by atoms with E-state index in [1.165, 1.54) is 0 Å². The molecule has 1 amide bonds. The number of carboxylic acid groups (broad SMARTS) is 1. The predicted molar refractivity (Wildman–Crippen MR) is 84.3 cm³/mol. The van der Waals surface area contributed by atoms with Gasteiger partial charge in [0.1, 0.15) is 0 Å². The highest BCUT2D eigenvalue weighted by Crippen LogP contribution is 2.49. The maximum atomic E-state index is 12.7. The number of hydrogen-bond donors (Lipinski definition) is 1. The van der Waals surface area contributed by atoms with E-state index in [4.69, 9.17) is 0 Å². The minimum absolute atomic E-state index is 0.0987. The molecule has 3 fully saturated rings. The molecule has 0 saturated heterocycles. The fourth-order valence-electron chi connectivity index (χ4n) is 4.13. The van der Waals surface area contributed by atoms with Gasteiger partial charge in [0.05, 0.1) is 5.69 Å². The zero-order valence-corrected chi connectivity index (χ0v) is 13.4. The van der Waals surface area contributed by atoms with Crippen molar-refractivity contribution in [3.05, 3.63) is 24.3 Å². The molecule has 0 spiro atoms. The Hall–Kier alpha value is -1.49. The van der Waals surface area contributed by atoms with Crippen molar-refractivity contribution >= 4 is 29.3 Å². The quantitative estimate of drug-likeness (QED) is 0.864. The number of anilines is 1. The SMILES string of the molecule is CSc1ccccc1NC(=O)[C@H]1C2CCC(CC2)[C@@H]1C(=O)[O-]. The van der Waals surface area contributed by atoms with Crippen molar-refractivity contribution in [3.63, 3.8) is 0 Å². The summed E-state index contributed by atoms with van der Waals surface area (Å²) in [4.78, 5) is 25.3. The van der Waals surface area contributed by atoms with Crippen molar-refractivity contribution in [2.45, 2.75) is 30.6 Å². The molecular formula is C17H20NO3S-. The van der Waals surface area contributed by atoms with Crippen molar-refractivity contribution in [2.24, 2.45) is 23.7 Å². The van der Waals surface area contributed by atoms with Crippen LogP contribution in [0.15, 0.2) is 29.2 Å². The summed E-state index contributed by atoms with van der Waals surface area (Å²) in [6.45, 7) is 0. The van der Waals surface area contributed by atoms with Crippen LogP contribution in [0, 0.1) is 23.7 Å². The van der Waals surface area contributed by atoms with Crippen LogP contribution in [0.5, 0.6) is 0 Å². The van der Waals surface area contributed by atoms with Gasteiger partial charge in [0.15, 0.2) is 0 Å². The summed E-state index contributed by atoms with van der Waals surface area (Å²) >= 11 is 1.56. The van der Waals surface area contributed by atoms with E-state index in [-0.39, 0.29) is 17.7 Å². The number of fused-ring (bicyclic) bond motifs is 3. The highest BCUT2D eigenvalue weighted by Gasteiger charge is 2.47. The smallest absolute Gasteiger partial charge is 0.228 e. The van der Waals surface area contributed by atoms with Crippen molar-refractivity contribution in [2.75, 3.05) is 11.6 Å². The van der Waals surface area contributed by atoms with E-state index in [0.29, 0.717) is 0 Å². The minimum atomic E-state index is -1.06. The largest absolute Gasteiger partial charge is 0.550 e. The summed E-state index contributed by atoms with van der Waals surface area (Å²) in [7, 11) is 0. The van der Waals surface area contributed by atoms with Crippen molar-refractivity contribution in [3.8, 4) is 0 Å². The maximum Gasteiger partial charge on any atom is 0.228 e. The first kappa shape index (κ1) is 15.4. The summed E-state index contributed by atoms with van der Waals surface area (Å²) < 4.78 is 0. The molecule has 1 N–H and O–H groups in total. The highest BCUT2D eigenvalue weighted by atomic mass is 32.2. The molecule has 5 heteroatoms. The Balaban J connectivity index is 1.82. The molecule has 118 valence electrons. The Morgan fingerprint density at radius 2 is 1.68 bits per heavy atom. The first-order chi connectivity index (χ1) is 10.6. The van der Waals surface area contributed by atoms with Crippen LogP contribution < -0.4 is 10.4 Å². The normalized spacial score (nSPS) is 30.0. The highest BCUT2D eigenvalue weighted by molar-refractivity contribution is 7.98. The van der Waals surface area contributed by atoms with E-state index in [1.807, 2.05) is 30.5 Å². The van der Waals surface area contributed by atoms with E-state index >= 15 is 0 Å². The number of amides is 1. The van der Waals surface area contributed by atoms with Gasteiger partial charge in [-0.05, 0) is 55.9 Å². The third-order valence-corrected chi connectivity index (χ3v) is 5.95. The fourth-order valence-corrected chi connectivity index (χ4v) is 4.68. The van der Waals surface area contributed by atoms with Gasteiger partial charge < -0.3 is 15.2 Å². The molecule has 1 aromatic carbocycles. The van der Waals surface area contributed by atoms with Gasteiger partial charge in [0.2, 0.25) is 5.91 Å². The van der Waals surface area contributed by atoms with Crippen LogP contribution >= 0.6 is 11.8 Å². The average Bonchev–Trinajstić information content (AvgIpc) is 2.55. The Kier molecular flexibility index (Phi) is 4.43. The third-order valence-electron chi connectivity index (χ3n) is 5.16. The van der Waals surface area contributed by atoms with Gasteiger partial charge in [0, 0.05) is 22.7 Å². The van der Waals surface area contributed by atoms with Crippen LogP contribution in [0.3, 0.4) is 0 Å². The third kappa shape index (κ3) is 2.74. The molecule has 2 atom stereocenters. The van der Waals surface area contributed by atoms with Crippen molar-refractivity contribution < 1.29 is 14.7 Å².